The fourth-order valence-electron chi connectivity index (χ4n) is 1.84. The van der Waals surface area contributed by atoms with Gasteiger partial charge < -0.3 is 10.2 Å². The van der Waals surface area contributed by atoms with Crippen LogP contribution in [-0.4, -0.2) is 17.9 Å². The van der Waals surface area contributed by atoms with Crippen molar-refractivity contribution in [3.63, 3.8) is 0 Å². The molecule has 0 saturated carbocycles. The van der Waals surface area contributed by atoms with Crippen LogP contribution < -0.4 is 10.2 Å². The molecule has 6 nitrogen and oxygen atoms in total. The van der Waals surface area contributed by atoms with Gasteiger partial charge in [-0.25, -0.2) is 0 Å². The molecule has 108 valence electrons. The molecule has 2 aromatic rings. The van der Waals surface area contributed by atoms with Crippen LogP contribution in [-0.2, 0) is 4.79 Å². The summed E-state index contributed by atoms with van der Waals surface area (Å²) in [5, 5.41) is 14.2. The Morgan fingerprint density at radius 3 is 2.43 bits per heavy atom. The number of nitro groups is 1. The summed E-state index contributed by atoms with van der Waals surface area (Å²) in [5.74, 6) is -0.187. The van der Waals surface area contributed by atoms with Crippen LogP contribution in [0.3, 0.4) is 0 Å². The van der Waals surface area contributed by atoms with Gasteiger partial charge in [-0.3, -0.25) is 14.9 Å². The SMILES string of the molecule is CC(=O)N(C)c1ccc(Nc2ccccc2)c([N+](=O)[O-])c1. The van der Waals surface area contributed by atoms with E-state index >= 15 is 0 Å². The van der Waals surface area contributed by atoms with Gasteiger partial charge in [-0.1, -0.05) is 18.2 Å². The predicted molar refractivity (Wildman–Crippen MR) is 81.9 cm³/mol. The maximum atomic E-state index is 11.3. The van der Waals surface area contributed by atoms with Crippen LogP contribution in [0.1, 0.15) is 6.92 Å². The molecule has 0 heterocycles. The fourth-order valence-corrected chi connectivity index (χ4v) is 1.84. The average molecular weight is 285 g/mol. The summed E-state index contributed by atoms with van der Waals surface area (Å²) < 4.78 is 0. The van der Waals surface area contributed by atoms with Crippen LogP contribution in [0.5, 0.6) is 0 Å². The third-order valence-corrected chi connectivity index (χ3v) is 3.09. The highest BCUT2D eigenvalue weighted by atomic mass is 16.6. The number of anilines is 3. The maximum absolute atomic E-state index is 11.3. The molecule has 0 spiro atoms. The first-order valence-corrected chi connectivity index (χ1v) is 6.34. The summed E-state index contributed by atoms with van der Waals surface area (Å²) in [6.07, 6.45) is 0. The summed E-state index contributed by atoms with van der Waals surface area (Å²) >= 11 is 0. The summed E-state index contributed by atoms with van der Waals surface area (Å²) in [5.41, 5.74) is 1.54. The highest BCUT2D eigenvalue weighted by molar-refractivity contribution is 5.92. The number of carbonyl (C=O) groups is 1. The Kier molecular flexibility index (Phi) is 4.18. The molecule has 0 saturated heterocycles. The van der Waals surface area contributed by atoms with Gasteiger partial charge in [0.1, 0.15) is 5.69 Å². The Morgan fingerprint density at radius 2 is 1.86 bits per heavy atom. The van der Waals surface area contributed by atoms with Gasteiger partial charge in [0.2, 0.25) is 5.91 Å². The van der Waals surface area contributed by atoms with Gasteiger partial charge in [0.25, 0.3) is 5.69 Å². The summed E-state index contributed by atoms with van der Waals surface area (Å²) in [7, 11) is 1.58. The minimum atomic E-state index is -0.469. The monoisotopic (exact) mass is 285 g/mol. The van der Waals surface area contributed by atoms with Crippen molar-refractivity contribution in [1.29, 1.82) is 0 Å². The van der Waals surface area contributed by atoms with E-state index in [9.17, 15) is 14.9 Å². The van der Waals surface area contributed by atoms with E-state index in [-0.39, 0.29) is 11.6 Å². The van der Waals surface area contributed by atoms with E-state index in [1.54, 1.807) is 19.2 Å². The highest BCUT2D eigenvalue weighted by Crippen LogP contribution is 2.31. The molecule has 0 aliphatic rings. The van der Waals surface area contributed by atoms with Gasteiger partial charge in [-0.15, -0.1) is 0 Å². The predicted octanol–water partition coefficient (Wildman–Crippen LogP) is 3.32. The third kappa shape index (κ3) is 3.36. The van der Waals surface area contributed by atoms with Gasteiger partial charge in [-0.2, -0.15) is 0 Å². The number of hydrogen-bond acceptors (Lipinski definition) is 4. The van der Waals surface area contributed by atoms with Crippen molar-refractivity contribution in [2.75, 3.05) is 17.3 Å². The molecule has 6 heteroatoms. The number of hydrogen-bond donors (Lipinski definition) is 1. The number of carbonyl (C=O) groups excluding carboxylic acids is 1. The molecule has 0 aliphatic carbocycles. The molecule has 1 amide bonds. The van der Waals surface area contributed by atoms with E-state index in [2.05, 4.69) is 5.32 Å². The minimum Gasteiger partial charge on any atom is -0.350 e. The summed E-state index contributed by atoms with van der Waals surface area (Å²) in [4.78, 5) is 23.5. The molecular weight excluding hydrogens is 270 g/mol. The van der Waals surface area contributed by atoms with E-state index in [1.165, 1.54) is 17.9 Å². The molecular formula is C15H15N3O3. The molecule has 2 aromatic carbocycles. The van der Waals surface area contributed by atoms with Gasteiger partial charge >= 0.3 is 0 Å². The largest absolute Gasteiger partial charge is 0.350 e. The number of benzene rings is 2. The van der Waals surface area contributed by atoms with Crippen molar-refractivity contribution < 1.29 is 9.72 Å². The van der Waals surface area contributed by atoms with Crippen molar-refractivity contribution in [3.8, 4) is 0 Å². The van der Waals surface area contributed by atoms with Crippen molar-refractivity contribution >= 4 is 28.7 Å². The second-order valence-electron chi connectivity index (χ2n) is 4.53. The van der Waals surface area contributed by atoms with E-state index < -0.39 is 4.92 Å². The van der Waals surface area contributed by atoms with Gasteiger partial charge in [0.05, 0.1) is 10.6 Å². The first-order valence-electron chi connectivity index (χ1n) is 6.34. The molecule has 0 bridgehead atoms. The minimum absolute atomic E-state index is 0.0792. The standard InChI is InChI=1S/C15H15N3O3/c1-11(19)17(2)13-8-9-14(15(10-13)18(20)21)16-12-6-4-3-5-7-12/h3-10,16H,1-2H3. The summed E-state index contributed by atoms with van der Waals surface area (Å²) in [6, 6.07) is 13.8. The zero-order valence-corrected chi connectivity index (χ0v) is 11.7. The smallest absolute Gasteiger partial charge is 0.294 e. The Bertz CT molecular complexity index is 671. The van der Waals surface area contributed by atoms with Gasteiger partial charge in [-0.05, 0) is 24.3 Å². The topological polar surface area (TPSA) is 75.5 Å². The highest BCUT2D eigenvalue weighted by Gasteiger charge is 2.17. The van der Waals surface area contributed by atoms with Crippen LogP contribution in [0.15, 0.2) is 48.5 Å². The van der Waals surface area contributed by atoms with Crippen LogP contribution in [0, 0.1) is 10.1 Å². The second-order valence-corrected chi connectivity index (χ2v) is 4.53. The lowest BCUT2D eigenvalue weighted by molar-refractivity contribution is -0.383. The Labute approximate surface area is 122 Å². The zero-order valence-electron chi connectivity index (χ0n) is 11.7. The first kappa shape index (κ1) is 14.5. The quantitative estimate of drug-likeness (QED) is 0.690. The van der Waals surface area contributed by atoms with Crippen molar-refractivity contribution in [3.05, 3.63) is 58.6 Å². The van der Waals surface area contributed by atoms with Crippen LogP contribution in [0.2, 0.25) is 0 Å². The molecule has 0 atom stereocenters. The van der Waals surface area contributed by atoms with Crippen LogP contribution in [0.25, 0.3) is 0 Å². The Balaban J connectivity index is 2.38. The molecule has 1 N–H and O–H groups in total. The lowest BCUT2D eigenvalue weighted by Gasteiger charge is -2.16. The molecule has 0 fully saturated rings. The van der Waals surface area contributed by atoms with Crippen molar-refractivity contribution in [2.45, 2.75) is 6.92 Å². The fraction of sp³-hybridized carbons (Fsp3) is 0.133. The normalized spacial score (nSPS) is 10.0. The van der Waals surface area contributed by atoms with Gasteiger partial charge in [0, 0.05) is 25.7 Å². The Morgan fingerprint density at radius 1 is 1.19 bits per heavy atom. The molecule has 0 unspecified atom stereocenters. The molecule has 2 rings (SSSR count). The van der Waals surface area contributed by atoms with E-state index in [0.29, 0.717) is 11.4 Å². The number of rotatable bonds is 4. The number of amides is 1. The molecule has 0 aliphatic heterocycles. The average Bonchev–Trinajstić information content (AvgIpc) is 2.47. The number of nitrogens with zero attached hydrogens (tertiary/aromatic N) is 2. The van der Waals surface area contributed by atoms with E-state index in [0.717, 1.165) is 5.69 Å². The lowest BCUT2D eigenvalue weighted by atomic mass is 10.2. The molecule has 0 aromatic heterocycles. The second kappa shape index (κ2) is 6.04. The van der Waals surface area contributed by atoms with Gasteiger partial charge in [0.15, 0.2) is 0 Å². The first-order chi connectivity index (χ1) is 9.99. The zero-order chi connectivity index (χ0) is 15.4. The van der Waals surface area contributed by atoms with E-state index in [1.807, 2.05) is 30.3 Å². The maximum Gasteiger partial charge on any atom is 0.294 e. The van der Waals surface area contributed by atoms with Crippen molar-refractivity contribution in [1.82, 2.24) is 0 Å². The number of nitrogens with one attached hydrogen (secondary N) is 1. The molecule has 21 heavy (non-hydrogen) atoms. The third-order valence-electron chi connectivity index (χ3n) is 3.09. The van der Waals surface area contributed by atoms with Crippen LogP contribution >= 0.6 is 0 Å². The van der Waals surface area contributed by atoms with E-state index in [4.69, 9.17) is 0 Å². The Hall–Kier alpha value is -2.89. The summed E-state index contributed by atoms with van der Waals surface area (Å²) in [6.45, 7) is 1.40. The number of nitro benzene ring substituents is 1. The van der Waals surface area contributed by atoms with Crippen LogP contribution in [0.4, 0.5) is 22.7 Å². The molecule has 0 radical (unpaired) electrons. The lowest BCUT2D eigenvalue weighted by Crippen LogP contribution is -2.22. The van der Waals surface area contributed by atoms with Crippen molar-refractivity contribution in [2.24, 2.45) is 0 Å². The number of para-hydroxylation sites is 1.